The fourth-order valence-corrected chi connectivity index (χ4v) is 2.08. The predicted octanol–water partition coefficient (Wildman–Crippen LogP) is 2.99. The van der Waals surface area contributed by atoms with Crippen LogP contribution in [0, 0.1) is 10.1 Å². The molecule has 0 radical (unpaired) electrons. The number of hydrogen-bond donors (Lipinski definition) is 2. The van der Waals surface area contributed by atoms with Gasteiger partial charge >= 0.3 is 12.1 Å². The minimum absolute atomic E-state index is 0.218. The second-order valence-electron chi connectivity index (χ2n) is 5.20. The number of amides is 1. The van der Waals surface area contributed by atoms with Gasteiger partial charge in [0, 0.05) is 12.1 Å². The van der Waals surface area contributed by atoms with E-state index in [4.69, 9.17) is 5.73 Å². The molecule has 3 N–H and O–H groups in total. The van der Waals surface area contributed by atoms with Gasteiger partial charge in [-0.05, 0) is 18.2 Å². The van der Waals surface area contributed by atoms with Gasteiger partial charge in [0.05, 0.1) is 27.4 Å². The minimum atomic E-state index is -4.67. The Morgan fingerprint density at radius 1 is 1.19 bits per heavy atom. The molecule has 0 bridgehead atoms. The summed E-state index contributed by atoms with van der Waals surface area (Å²) in [4.78, 5) is 33.6. The summed E-state index contributed by atoms with van der Waals surface area (Å²) in [6, 6.07) is 7.32. The van der Waals surface area contributed by atoms with Crippen LogP contribution < -0.4 is 11.1 Å². The number of alkyl halides is 3. The Kier molecular flexibility index (Phi) is 5.63. The number of anilines is 2. The third-order valence-corrected chi connectivity index (χ3v) is 3.31. The van der Waals surface area contributed by atoms with Crippen molar-refractivity contribution in [3.8, 4) is 0 Å². The van der Waals surface area contributed by atoms with Crippen molar-refractivity contribution in [1.82, 2.24) is 0 Å². The number of nitro groups is 1. The molecule has 142 valence electrons. The van der Waals surface area contributed by atoms with Crippen LogP contribution in [0.3, 0.4) is 0 Å². The lowest BCUT2D eigenvalue weighted by Gasteiger charge is -2.13. The number of nitrogens with two attached hydrogens (primary N) is 1. The van der Waals surface area contributed by atoms with E-state index < -0.39 is 40.8 Å². The van der Waals surface area contributed by atoms with Crippen LogP contribution in [0.15, 0.2) is 42.5 Å². The number of benzene rings is 2. The second kappa shape index (κ2) is 7.72. The van der Waals surface area contributed by atoms with E-state index in [1.807, 2.05) is 5.32 Å². The van der Waals surface area contributed by atoms with Crippen molar-refractivity contribution in [3.05, 3.63) is 63.7 Å². The molecule has 0 aliphatic rings. The maximum atomic E-state index is 12.9. The molecule has 2 aromatic rings. The fourth-order valence-electron chi connectivity index (χ4n) is 2.08. The summed E-state index contributed by atoms with van der Waals surface area (Å²) in [7, 11) is 0. The van der Waals surface area contributed by atoms with Gasteiger partial charge in [-0.2, -0.15) is 13.2 Å². The zero-order valence-electron chi connectivity index (χ0n) is 13.4. The number of nitrogens with zero attached hydrogens (tertiary/aromatic N) is 1. The van der Waals surface area contributed by atoms with Crippen LogP contribution in [-0.2, 0) is 15.7 Å². The van der Waals surface area contributed by atoms with Gasteiger partial charge in [0.2, 0.25) is 0 Å². The quantitative estimate of drug-likeness (QED) is 0.354. The van der Waals surface area contributed by atoms with E-state index in [2.05, 4.69) is 4.74 Å². The van der Waals surface area contributed by atoms with Crippen LogP contribution in [0.2, 0.25) is 0 Å². The molecule has 0 atom stereocenters. The molecule has 0 saturated carbocycles. The highest BCUT2D eigenvalue weighted by atomic mass is 19.4. The highest BCUT2D eigenvalue weighted by Gasteiger charge is 2.33. The number of halogens is 3. The summed E-state index contributed by atoms with van der Waals surface area (Å²) in [5.41, 5.74) is 3.19. The van der Waals surface area contributed by atoms with E-state index in [9.17, 15) is 32.9 Å². The van der Waals surface area contributed by atoms with Gasteiger partial charge in [0.1, 0.15) is 0 Å². The number of para-hydroxylation sites is 1. The second-order valence-corrected chi connectivity index (χ2v) is 5.20. The van der Waals surface area contributed by atoms with E-state index >= 15 is 0 Å². The first-order chi connectivity index (χ1) is 12.6. The zero-order valence-corrected chi connectivity index (χ0v) is 13.4. The van der Waals surface area contributed by atoms with Crippen LogP contribution in [0.4, 0.5) is 30.2 Å². The number of hydrogen-bond acceptors (Lipinski definition) is 6. The highest BCUT2D eigenvalue weighted by Crippen LogP contribution is 2.34. The van der Waals surface area contributed by atoms with Crippen LogP contribution in [-0.4, -0.2) is 23.4 Å². The number of ether oxygens (including phenoxy) is 1. The normalized spacial score (nSPS) is 10.9. The van der Waals surface area contributed by atoms with E-state index in [0.717, 1.165) is 36.4 Å². The lowest BCUT2D eigenvalue weighted by Crippen LogP contribution is -2.23. The van der Waals surface area contributed by atoms with Crippen LogP contribution >= 0.6 is 0 Å². The number of nitrogen functional groups attached to an aromatic ring is 1. The van der Waals surface area contributed by atoms with Crippen LogP contribution in [0.5, 0.6) is 0 Å². The Balaban J connectivity index is 2.02. The third kappa shape index (κ3) is 4.93. The van der Waals surface area contributed by atoms with Gasteiger partial charge in [-0.3, -0.25) is 14.9 Å². The van der Waals surface area contributed by atoms with Crippen molar-refractivity contribution in [2.75, 3.05) is 17.7 Å². The van der Waals surface area contributed by atoms with Crippen molar-refractivity contribution in [1.29, 1.82) is 0 Å². The summed E-state index contributed by atoms with van der Waals surface area (Å²) in [6.07, 6.45) is -4.67. The number of rotatable bonds is 5. The maximum Gasteiger partial charge on any atom is 0.418 e. The molecule has 0 saturated heterocycles. The predicted molar refractivity (Wildman–Crippen MR) is 87.9 cm³/mol. The Morgan fingerprint density at radius 2 is 1.85 bits per heavy atom. The van der Waals surface area contributed by atoms with Crippen molar-refractivity contribution in [2.24, 2.45) is 0 Å². The molecule has 1 amide bonds. The van der Waals surface area contributed by atoms with Crippen molar-refractivity contribution in [3.63, 3.8) is 0 Å². The molecule has 11 heteroatoms. The summed E-state index contributed by atoms with van der Waals surface area (Å²) >= 11 is 0. The smallest absolute Gasteiger partial charge is 0.418 e. The van der Waals surface area contributed by atoms with E-state index in [1.165, 1.54) is 6.07 Å². The maximum absolute atomic E-state index is 12.9. The van der Waals surface area contributed by atoms with Gasteiger partial charge in [-0.15, -0.1) is 0 Å². The molecule has 0 fully saturated rings. The highest BCUT2D eigenvalue weighted by molar-refractivity contribution is 5.98. The first-order valence-electron chi connectivity index (χ1n) is 7.26. The van der Waals surface area contributed by atoms with E-state index in [0.29, 0.717) is 0 Å². The Morgan fingerprint density at radius 3 is 2.44 bits per heavy atom. The average Bonchev–Trinajstić information content (AvgIpc) is 2.59. The Labute approximate surface area is 149 Å². The van der Waals surface area contributed by atoms with Crippen molar-refractivity contribution >= 4 is 28.9 Å². The largest absolute Gasteiger partial charge is 0.452 e. The Hall–Kier alpha value is -3.63. The van der Waals surface area contributed by atoms with Gasteiger partial charge in [-0.25, -0.2) is 4.79 Å². The average molecular weight is 383 g/mol. The van der Waals surface area contributed by atoms with Crippen molar-refractivity contribution in [2.45, 2.75) is 6.18 Å². The number of carbonyl (C=O) groups is 2. The number of esters is 1. The van der Waals surface area contributed by atoms with Gasteiger partial charge in [0.25, 0.3) is 11.6 Å². The number of carbonyl (C=O) groups excluding carboxylic acids is 2. The number of nitrogens with one attached hydrogen (secondary N) is 1. The summed E-state index contributed by atoms with van der Waals surface area (Å²) in [5, 5.41) is 12.6. The first kappa shape index (κ1) is 19.7. The molecule has 0 aromatic heterocycles. The van der Waals surface area contributed by atoms with Crippen LogP contribution in [0.1, 0.15) is 15.9 Å². The van der Waals surface area contributed by atoms with Gasteiger partial charge in [0.15, 0.2) is 6.61 Å². The molecular weight excluding hydrogens is 371 g/mol. The molecule has 0 spiro atoms. The molecule has 0 unspecified atom stereocenters. The molecule has 2 rings (SSSR count). The minimum Gasteiger partial charge on any atom is -0.452 e. The SMILES string of the molecule is Nc1cc([N+](=O)[O-])ccc1C(=O)OCC(=O)Nc1ccccc1C(F)(F)F. The zero-order chi connectivity index (χ0) is 20.2. The van der Waals surface area contributed by atoms with Gasteiger partial charge < -0.3 is 15.8 Å². The molecule has 2 aromatic carbocycles. The molecule has 0 aliphatic carbocycles. The lowest BCUT2D eigenvalue weighted by molar-refractivity contribution is -0.384. The van der Waals surface area contributed by atoms with Crippen LogP contribution in [0.25, 0.3) is 0 Å². The van der Waals surface area contributed by atoms with Gasteiger partial charge in [-0.1, -0.05) is 12.1 Å². The number of nitro benzene ring substituents is 1. The molecule has 0 aliphatic heterocycles. The summed E-state index contributed by atoms with van der Waals surface area (Å²) < 4.78 is 43.3. The molecular formula is C16H12F3N3O5. The molecule has 27 heavy (non-hydrogen) atoms. The van der Waals surface area contributed by atoms with Crippen molar-refractivity contribution < 1.29 is 32.4 Å². The standard InChI is InChI=1S/C16H12F3N3O5/c17-16(18,19)11-3-1-2-4-13(11)21-14(23)8-27-15(24)10-6-5-9(22(25)26)7-12(10)20/h1-7H,8,20H2,(H,21,23). The fraction of sp³-hybridized carbons (Fsp3) is 0.125. The summed E-state index contributed by atoms with van der Waals surface area (Å²) in [5.74, 6) is -2.05. The third-order valence-electron chi connectivity index (χ3n) is 3.31. The van der Waals surface area contributed by atoms with E-state index in [1.54, 1.807) is 0 Å². The monoisotopic (exact) mass is 383 g/mol. The first-order valence-corrected chi connectivity index (χ1v) is 7.26. The molecule has 0 heterocycles. The number of non-ortho nitro benzene ring substituents is 1. The Bertz CT molecular complexity index is 899. The lowest BCUT2D eigenvalue weighted by atomic mass is 10.1. The molecule has 8 nitrogen and oxygen atoms in total. The van der Waals surface area contributed by atoms with E-state index in [-0.39, 0.29) is 16.9 Å². The summed E-state index contributed by atoms with van der Waals surface area (Å²) in [6.45, 7) is -0.874. The topological polar surface area (TPSA) is 125 Å².